The molecule has 3 rings (SSSR count). The summed E-state index contributed by atoms with van der Waals surface area (Å²) in [6, 6.07) is 11.2. The summed E-state index contributed by atoms with van der Waals surface area (Å²) in [5.74, 6) is -0.433. The van der Waals surface area contributed by atoms with Crippen molar-refractivity contribution in [2.24, 2.45) is 0 Å². The fourth-order valence-corrected chi connectivity index (χ4v) is 4.34. The number of rotatable bonds is 5. The molecule has 0 unspecified atom stereocenters. The Bertz CT molecular complexity index is 985. The van der Waals surface area contributed by atoms with Crippen LogP contribution < -0.4 is 5.32 Å². The van der Waals surface area contributed by atoms with E-state index in [1.807, 2.05) is 0 Å². The molecule has 1 fully saturated rings. The van der Waals surface area contributed by atoms with Crippen molar-refractivity contribution in [1.29, 1.82) is 0 Å². The fourth-order valence-electron chi connectivity index (χ4n) is 2.62. The van der Waals surface area contributed by atoms with Gasteiger partial charge in [0.15, 0.2) is 0 Å². The summed E-state index contributed by atoms with van der Waals surface area (Å²) in [7, 11) is -3.68. The summed E-state index contributed by atoms with van der Waals surface area (Å²) in [5.41, 5.74) is 1.02. The molecule has 0 aromatic heterocycles. The molecule has 0 aliphatic carbocycles. The van der Waals surface area contributed by atoms with Gasteiger partial charge in [-0.3, -0.25) is 4.79 Å². The van der Waals surface area contributed by atoms with Crippen LogP contribution in [-0.4, -0.2) is 44.9 Å². The van der Waals surface area contributed by atoms with Crippen molar-refractivity contribution < 1.29 is 17.9 Å². The van der Waals surface area contributed by atoms with Crippen molar-refractivity contribution in [3.05, 3.63) is 64.1 Å². The lowest BCUT2D eigenvalue weighted by atomic mass is 10.2. The van der Waals surface area contributed by atoms with E-state index in [4.69, 9.17) is 27.9 Å². The quantitative estimate of drug-likeness (QED) is 0.719. The third-order valence-electron chi connectivity index (χ3n) is 4.10. The average molecular weight is 441 g/mol. The van der Waals surface area contributed by atoms with E-state index in [1.54, 1.807) is 30.3 Å². The number of morpholine rings is 1. The van der Waals surface area contributed by atoms with Gasteiger partial charge in [-0.05, 0) is 42.0 Å². The molecule has 2 aromatic rings. The first-order valence-electron chi connectivity index (χ1n) is 8.48. The van der Waals surface area contributed by atoms with Crippen molar-refractivity contribution >= 4 is 50.9 Å². The van der Waals surface area contributed by atoms with Gasteiger partial charge in [0, 0.05) is 24.2 Å². The van der Waals surface area contributed by atoms with E-state index in [0.717, 1.165) is 5.56 Å². The van der Waals surface area contributed by atoms with Crippen LogP contribution in [0.2, 0.25) is 10.0 Å². The summed E-state index contributed by atoms with van der Waals surface area (Å²) in [4.78, 5) is 12.3. The number of anilines is 1. The van der Waals surface area contributed by atoms with Gasteiger partial charge in [-0.1, -0.05) is 35.3 Å². The molecule has 1 aliphatic heterocycles. The maximum atomic E-state index is 12.8. The number of sulfonamides is 1. The molecule has 6 nitrogen and oxygen atoms in total. The van der Waals surface area contributed by atoms with Crippen molar-refractivity contribution in [2.45, 2.75) is 4.90 Å². The minimum atomic E-state index is -3.68. The van der Waals surface area contributed by atoms with Crippen LogP contribution >= 0.6 is 23.2 Å². The normalized spacial score (nSPS) is 15.6. The average Bonchev–Trinajstić information content (AvgIpc) is 2.70. The van der Waals surface area contributed by atoms with Crippen molar-refractivity contribution in [1.82, 2.24) is 4.31 Å². The van der Waals surface area contributed by atoms with E-state index >= 15 is 0 Å². The first-order valence-corrected chi connectivity index (χ1v) is 10.7. The summed E-state index contributed by atoms with van der Waals surface area (Å²) in [6.07, 6.45) is 2.95. The molecule has 148 valence electrons. The lowest BCUT2D eigenvalue weighted by molar-refractivity contribution is -0.111. The molecule has 0 saturated carbocycles. The Morgan fingerprint density at radius 1 is 1.07 bits per heavy atom. The largest absolute Gasteiger partial charge is 0.379 e. The maximum absolute atomic E-state index is 12.8. The van der Waals surface area contributed by atoms with E-state index in [0.29, 0.717) is 18.2 Å². The SMILES string of the molecule is O=C(C=Cc1ccc(Cl)cc1)Nc1cc(S(=O)(=O)N2CCOCC2)ccc1Cl. The van der Waals surface area contributed by atoms with Crippen LogP contribution in [0.5, 0.6) is 0 Å². The van der Waals surface area contributed by atoms with Gasteiger partial charge in [0.2, 0.25) is 15.9 Å². The van der Waals surface area contributed by atoms with E-state index in [1.165, 1.54) is 28.6 Å². The standard InChI is InChI=1S/C19H18Cl2N2O4S/c20-15-4-1-14(2-5-15)3-8-19(24)22-18-13-16(6-7-17(18)21)28(25,26)23-9-11-27-12-10-23/h1-8,13H,9-12H2,(H,22,24). The zero-order valence-corrected chi connectivity index (χ0v) is 17.1. The Kier molecular flexibility index (Phi) is 6.74. The van der Waals surface area contributed by atoms with Crippen LogP contribution in [-0.2, 0) is 19.6 Å². The molecule has 0 bridgehead atoms. The number of ether oxygens (including phenoxy) is 1. The molecule has 1 heterocycles. The molecule has 0 radical (unpaired) electrons. The van der Waals surface area contributed by atoms with E-state index in [2.05, 4.69) is 5.32 Å². The van der Waals surface area contributed by atoms with Crippen molar-refractivity contribution in [2.75, 3.05) is 31.6 Å². The van der Waals surface area contributed by atoms with Crippen LogP contribution in [0.4, 0.5) is 5.69 Å². The molecule has 0 atom stereocenters. The lowest BCUT2D eigenvalue weighted by Crippen LogP contribution is -2.40. The second kappa shape index (κ2) is 9.07. The van der Waals surface area contributed by atoms with E-state index in [-0.39, 0.29) is 28.7 Å². The number of carbonyl (C=O) groups is 1. The van der Waals surface area contributed by atoms with Crippen LogP contribution in [0.25, 0.3) is 6.08 Å². The van der Waals surface area contributed by atoms with E-state index < -0.39 is 15.9 Å². The van der Waals surface area contributed by atoms with Crippen LogP contribution in [0.1, 0.15) is 5.56 Å². The van der Waals surface area contributed by atoms with Crippen molar-refractivity contribution in [3.63, 3.8) is 0 Å². The molecule has 1 aliphatic rings. The van der Waals surface area contributed by atoms with Crippen LogP contribution in [0.3, 0.4) is 0 Å². The number of hydrogen-bond donors (Lipinski definition) is 1. The Hall–Kier alpha value is -1.90. The highest BCUT2D eigenvalue weighted by molar-refractivity contribution is 7.89. The van der Waals surface area contributed by atoms with Gasteiger partial charge >= 0.3 is 0 Å². The van der Waals surface area contributed by atoms with Gasteiger partial charge in [0.25, 0.3) is 0 Å². The number of carbonyl (C=O) groups excluding carboxylic acids is 1. The fraction of sp³-hybridized carbons (Fsp3) is 0.211. The van der Waals surface area contributed by atoms with Gasteiger partial charge in [-0.15, -0.1) is 0 Å². The topological polar surface area (TPSA) is 75.7 Å². The molecule has 1 saturated heterocycles. The second-order valence-corrected chi connectivity index (χ2v) is 8.81. The first-order chi connectivity index (χ1) is 13.4. The Balaban J connectivity index is 1.75. The molecule has 0 spiro atoms. The number of halogens is 2. The van der Waals surface area contributed by atoms with Crippen LogP contribution in [0.15, 0.2) is 53.4 Å². The summed E-state index contributed by atoms with van der Waals surface area (Å²) in [5, 5.41) is 3.46. The Labute approximate surface area is 173 Å². The first kappa shape index (κ1) is 20.8. The molecule has 9 heteroatoms. The second-order valence-electron chi connectivity index (χ2n) is 6.03. The highest BCUT2D eigenvalue weighted by atomic mass is 35.5. The number of hydrogen-bond acceptors (Lipinski definition) is 4. The zero-order valence-electron chi connectivity index (χ0n) is 14.8. The van der Waals surface area contributed by atoms with Gasteiger partial charge in [-0.25, -0.2) is 8.42 Å². The minimum Gasteiger partial charge on any atom is -0.379 e. The number of nitrogens with one attached hydrogen (secondary N) is 1. The maximum Gasteiger partial charge on any atom is 0.248 e. The molecular weight excluding hydrogens is 423 g/mol. The third kappa shape index (κ3) is 5.12. The molecule has 2 aromatic carbocycles. The molecule has 28 heavy (non-hydrogen) atoms. The molecule has 1 N–H and O–H groups in total. The van der Waals surface area contributed by atoms with Crippen LogP contribution in [0, 0.1) is 0 Å². The Morgan fingerprint density at radius 3 is 2.43 bits per heavy atom. The predicted octanol–water partition coefficient (Wildman–Crippen LogP) is 3.67. The van der Waals surface area contributed by atoms with Gasteiger partial charge < -0.3 is 10.1 Å². The highest BCUT2D eigenvalue weighted by Gasteiger charge is 2.27. The number of nitrogens with zero attached hydrogens (tertiary/aromatic N) is 1. The lowest BCUT2D eigenvalue weighted by Gasteiger charge is -2.26. The summed E-state index contributed by atoms with van der Waals surface area (Å²) >= 11 is 12.0. The van der Waals surface area contributed by atoms with Gasteiger partial charge in [-0.2, -0.15) is 4.31 Å². The summed E-state index contributed by atoms with van der Waals surface area (Å²) in [6.45, 7) is 1.28. The van der Waals surface area contributed by atoms with Crippen molar-refractivity contribution in [3.8, 4) is 0 Å². The Morgan fingerprint density at radius 2 is 1.75 bits per heavy atom. The number of amides is 1. The molecular formula is C19H18Cl2N2O4S. The smallest absolute Gasteiger partial charge is 0.248 e. The minimum absolute atomic E-state index is 0.0655. The number of benzene rings is 2. The molecule has 1 amide bonds. The van der Waals surface area contributed by atoms with Gasteiger partial charge in [0.1, 0.15) is 0 Å². The zero-order chi connectivity index (χ0) is 20.1. The summed E-state index contributed by atoms with van der Waals surface area (Å²) < 4.78 is 32.1. The highest BCUT2D eigenvalue weighted by Crippen LogP contribution is 2.27. The predicted molar refractivity (Wildman–Crippen MR) is 110 cm³/mol. The van der Waals surface area contributed by atoms with E-state index in [9.17, 15) is 13.2 Å². The third-order valence-corrected chi connectivity index (χ3v) is 6.58. The monoisotopic (exact) mass is 440 g/mol. The van der Waals surface area contributed by atoms with Gasteiger partial charge in [0.05, 0.1) is 28.8 Å².